The number of aliphatic hydroxyl groups is 1. The van der Waals surface area contributed by atoms with Gasteiger partial charge in [-0.25, -0.2) is 9.50 Å². The highest BCUT2D eigenvalue weighted by molar-refractivity contribution is 5.74. The zero-order valence-corrected chi connectivity index (χ0v) is 23.1. The van der Waals surface area contributed by atoms with Crippen LogP contribution in [0.1, 0.15) is 31.4 Å². The second kappa shape index (κ2) is 11.2. The van der Waals surface area contributed by atoms with E-state index in [4.69, 9.17) is 24.3 Å². The molecule has 3 N–H and O–H groups in total. The zero-order valence-electron chi connectivity index (χ0n) is 23.1. The molecule has 0 radical (unpaired) electrons. The minimum absolute atomic E-state index is 0.0107. The van der Waals surface area contributed by atoms with Crippen LogP contribution in [0.2, 0.25) is 0 Å². The summed E-state index contributed by atoms with van der Waals surface area (Å²) in [7, 11) is 4.76. The molecule has 1 aliphatic heterocycles. The maximum atomic E-state index is 9.95. The van der Waals surface area contributed by atoms with Crippen molar-refractivity contribution in [2.24, 2.45) is 5.92 Å². The second-order valence-electron chi connectivity index (χ2n) is 10.3. The molecular weight excluding hydrogens is 512 g/mol. The third kappa shape index (κ3) is 5.11. The van der Waals surface area contributed by atoms with Crippen LogP contribution in [0.3, 0.4) is 0 Å². The van der Waals surface area contributed by atoms with E-state index in [2.05, 4.69) is 26.6 Å². The van der Waals surface area contributed by atoms with Crippen LogP contribution in [0.15, 0.2) is 36.8 Å². The van der Waals surface area contributed by atoms with Gasteiger partial charge in [-0.05, 0) is 50.3 Å². The smallest absolute Gasteiger partial charge is 0.245 e. The van der Waals surface area contributed by atoms with Gasteiger partial charge >= 0.3 is 0 Å². The van der Waals surface area contributed by atoms with E-state index in [-0.39, 0.29) is 12.6 Å². The maximum Gasteiger partial charge on any atom is 0.245 e. The number of rotatable bonds is 12. The van der Waals surface area contributed by atoms with Gasteiger partial charge in [-0.1, -0.05) is 0 Å². The van der Waals surface area contributed by atoms with Gasteiger partial charge in [0.25, 0.3) is 0 Å². The molecule has 3 aromatic heterocycles. The summed E-state index contributed by atoms with van der Waals surface area (Å²) in [5.74, 6) is 4.30. The minimum atomic E-state index is 0.0107. The van der Waals surface area contributed by atoms with E-state index >= 15 is 0 Å². The van der Waals surface area contributed by atoms with Crippen molar-refractivity contribution in [2.75, 3.05) is 51.2 Å². The molecule has 6 rings (SSSR count). The fraction of sp³-hybridized carbons (Fsp3) is 0.464. The van der Waals surface area contributed by atoms with E-state index in [1.54, 1.807) is 27.7 Å². The molecule has 0 bridgehead atoms. The molecule has 12 heteroatoms. The number of aromatic nitrogens is 5. The molecule has 1 saturated heterocycles. The standard InChI is InChI=1S/C28H36N8O4/c1-38-23-11-21(12-24(39-2)26(23)40-3)34-15-25(30-17-34)31-27-22-9-8-19(14-29-13-18-6-7-18)36(22)33-28(32-27)35-10-4-5-20(35)16-37/h8-9,11-12,15,17-18,20,29,37H,4-7,10,13-14,16H2,1-3H3,(H,31,32,33)/t20-/m0/s1. The number of methoxy groups -OCH3 is 3. The van der Waals surface area contributed by atoms with E-state index in [1.165, 1.54) is 12.8 Å². The summed E-state index contributed by atoms with van der Waals surface area (Å²) in [4.78, 5) is 11.6. The van der Waals surface area contributed by atoms with Gasteiger partial charge < -0.3 is 39.4 Å². The van der Waals surface area contributed by atoms with Gasteiger partial charge in [-0.3, -0.25) is 0 Å². The zero-order chi connectivity index (χ0) is 27.6. The third-order valence-electron chi connectivity index (χ3n) is 7.64. The number of aliphatic hydroxyl groups excluding tert-OH is 1. The van der Waals surface area contributed by atoms with Gasteiger partial charge in [-0.2, -0.15) is 4.98 Å². The molecule has 1 atom stereocenters. The Hall–Kier alpha value is -4.03. The number of hydrogen-bond donors (Lipinski definition) is 3. The average molecular weight is 549 g/mol. The number of benzene rings is 1. The molecule has 1 saturated carbocycles. The van der Waals surface area contributed by atoms with Crippen molar-refractivity contribution in [3.63, 3.8) is 0 Å². The number of ether oxygens (including phenoxy) is 3. The number of nitrogens with one attached hydrogen (secondary N) is 2. The van der Waals surface area contributed by atoms with Crippen LogP contribution < -0.4 is 29.7 Å². The van der Waals surface area contributed by atoms with Crippen molar-refractivity contribution in [1.29, 1.82) is 0 Å². The van der Waals surface area contributed by atoms with Gasteiger partial charge in [-0.15, -0.1) is 5.10 Å². The highest BCUT2D eigenvalue weighted by atomic mass is 16.5. The van der Waals surface area contributed by atoms with Crippen LogP contribution in [0.5, 0.6) is 17.2 Å². The Morgan fingerprint density at radius 1 is 1.05 bits per heavy atom. The van der Waals surface area contributed by atoms with Crippen LogP contribution in [-0.2, 0) is 6.54 Å². The average Bonchev–Trinajstić information content (AvgIpc) is 3.33. The van der Waals surface area contributed by atoms with Gasteiger partial charge in [0.1, 0.15) is 17.7 Å². The largest absolute Gasteiger partial charge is 0.493 e. The Morgan fingerprint density at radius 3 is 2.55 bits per heavy atom. The van der Waals surface area contributed by atoms with Crippen molar-refractivity contribution < 1.29 is 19.3 Å². The number of fused-ring (bicyclic) bond motifs is 1. The molecule has 0 amide bonds. The number of hydrogen-bond acceptors (Lipinski definition) is 10. The molecule has 2 fully saturated rings. The highest BCUT2D eigenvalue weighted by Crippen LogP contribution is 2.39. The Labute approximate surface area is 232 Å². The van der Waals surface area contributed by atoms with Crippen LogP contribution in [0, 0.1) is 5.92 Å². The first-order valence-electron chi connectivity index (χ1n) is 13.7. The lowest BCUT2D eigenvalue weighted by atomic mass is 10.2. The van der Waals surface area contributed by atoms with Gasteiger partial charge in [0.2, 0.25) is 11.7 Å². The van der Waals surface area contributed by atoms with Crippen molar-refractivity contribution >= 4 is 23.1 Å². The summed E-state index contributed by atoms with van der Waals surface area (Å²) in [5.41, 5.74) is 2.72. The molecule has 1 aromatic carbocycles. The normalized spacial score (nSPS) is 17.0. The van der Waals surface area contributed by atoms with Crippen LogP contribution in [0.25, 0.3) is 11.2 Å². The molecular formula is C28H36N8O4. The van der Waals surface area contributed by atoms with E-state index in [0.717, 1.165) is 55.3 Å². The first kappa shape index (κ1) is 26.2. The first-order valence-corrected chi connectivity index (χ1v) is 13.7. The predicted molar refractivity (Wildman–Crippen MR) is 151 cm³/mol. The first-order chi connectivity index (χ1) is 19.6. The Balaban J connectivity index is 1.33. The van der Waals surface area contributed by atoms with E-state index in [1.807, 2.05) is 33.5 Å². The monoisotopic (exact) mass is 548 g/mol. The molecule has 4 heterocycles. The van der Waals surface area contributed by atoms with Gasteiger partial charge in [0, 0.05) is 25.2 Å². The summed E-state index contributed by atoms with van der Waals surface area (Å²) in [6.07, 6.45) is 8.13. The van der Waals surface area contributed by atoms with Gasteiger partial charge in [0.15, 0.2) is 17.3 Å². The molecule has 4 aromatic rings. The SMILES string of the molecule is COc1cc(-n2cnc(Nc3nc(N4CCC[C@H]4CO)nn4c(CNCC5CC5)ccc34)c2)cc(OC)c1OC. The Bertz CT molecular complexity index is 1460. The lowest BCUT2D eigenvalue weighted by molar-refractivity contribution is 0.265. The summed E-state index contributed by atoms with van der Waals surface area (Å²) in [6.45, 7) is 2.63. The molecule has 1 aliphatic carbocycles. The highest BCUT2D eigenvalue weighted by Gasteiger charge is 2.28. The maximum absolute atomic E-state index is 9.95. The van der Waals surface area contributed by atoms with Crippen molar-refractivity contribution in [3.8, 4) is 22.9 Å². The summed E-state index contributed by atoms with van der Waals surface area (Å²) in [5, 5.41) is 21.8. The van der Waals surface area contributed by atoms with Crippen LogP contribution in [0.4, 0.5) is 17.6 Å². The van der Waals surface area contributed by atoms with Crippen molar-refractivity contribution in [1.82, 2.24) is 29.5 Å². The number of anilines is 3. The fourth-order valence-corrected chi connectivity index (χ4v) is 5.27. The molecule has 40 heavy (non-hydrogen) atoms. The minimum Gasteiger partial charge on any atom is -0.493 e. The Kier molecular flexibility index (Phi) is 7.35. The van der Waals surface area contributed by atoms with E-state index < -0.39 is 0 Å². The lowest BCUT2D eigenvalue weighted by Gasteiger charge is -2.23. The van der Waals surface area contributed by atoms with Crippen LogP contribution >= 0.6 is 0 Å². The van der Waals surface area contributed by atoms with E-state index in [0.29, 0.717) is 34.8 Å². The fourth-order valence-electron chi connectivity index (χ4n) is 5.27. The molecule has 2 aliphatic rings. The van der Waals surface area contributed by atoms with Crippen molar-refractivity contribution in [3.05, 3.63) is 42.5 Å². The lowest BCUT2D eigenvalue weighted by Crippen LogP contribution is -2.34. The Morgan fingerprint density at radius 2 is 1.85 bits per heavy atom. The molecule has 212 valence electrons. The second-order valence-corrected chi connectivity index (χ2v) is 10.3. The van der Waals surface area contributed by atoms with Crippen LogP contribution in [-0.4, -0.2) is 76.3 Å². The third-order valence-corrected chi connectivity index (χ3v) is 7.64. The predicted octanol–water partition coefficient (Wildman–Crippen LogP) is 3.15. The molecule has 0 unspecified atom stereocenters. The summed E-state index contributed by atoms with van der Waals surface area (Å²) < 4.78 is 20.3. The topological polar surface area (TPSA) is 123 Å². The quantitative estimate of drug-likeness (QED) is 0.243. The molecule has 12 nitrogen and oxygen atoms in total. The number of imidazole rings is 1. The van der Waals surface area contributed by atoms with Gasteiger partial charge in [0.05, 0.1) is 51.6 Å². The summed E-state index contributed by atoms with van der Waals surface area (Å²) in [6, 6.07) is 7.86. The van der Waals surface area contributed by atoms with E-state index in [9.17, 15) is 5.11 Å². The molecule has 0 spiro atoms. The van der Waals surface area contributed by atoms with Crippen molar-refractivity contribution in [2.45, 2.75) is 38.3 Å². The summed E-state index contributed by atoms with van der Waals surface area (Å²) >= 11 is 0. The number of nitrogens with zero attached hydrogens (tertiary/aromatic N) is 6.